The number of rotatable bonds is 10. The van der Waals surface area contributed by atoms with Crippen LogP contribution in [0.2, 0.25) is 0 Å². The van der Waals surface area contributed by atoms with Gasteiger partial charge in [-0.25, -0.2) is 0 Å². The molecule has 3 heteroatoms. The van der Waals surface area contributed by atoms with Gasteiger partial charge in [-0.1, -0.05) is 34.1 Å². The van der Waals surface area contributed by atoms with E-state index in [1.165, 1.54) is 38.8 Å². The molecule has 0 spiro atoms. The Balaban J connectivity index is 2.39. The number of hydrogen-bond acceptors (Lipinski definition) is 3. The summed E-state index contributed by atoms with van der Waals surface area (Å²) in [6.45, 7) is 15.8. The van der Waals surface area contributed by atoms with Crippen molar-refractivity contribution in [2.45, 2.75) is 53.4 Å². The van der Waals surface area contributed by atoms with Gasteiger partial charge >= 0.3 is 0 Å². The van der Waals surface area contributed by atoms with Crippen LogP contribution in [0.15, 0.2) is 0 Å². The van der Waals surface area contributed by atoms with Gasteiger partial charge in [-0.2, -0.15) is 0 Å². The van der Waals surface area contributed by atoms with Crippen molar-refractivity contribution in [3.05, 3.63) is 0 Å². The lowest BCUT2D eigenvalue weighted by Gasteiger charge is -2.36. The summed E-state index contributed by atoms with van der Waals surface area (Å²) in [4.78, 5) is 2.53. The highest BCUT2D eigenvalue weighted by molar-refractivity contribution is 4.81. The molecule has 2 unspecified atom stereocenters. The van der Waals surface area contributed by atoms with Crippen molar-refractivity contribution >= 4 is 0 Å². The van der Waals surface area contributed by atoms with Crippen LogP contribution in [0, 0.1) is 17.3 Å². The monoisotopic (exact) mass is 298 g/mol. The molecule has 2 atom stereocenters. The maximum atomic E-state index is 5.61. The number of nitrogens with one attached hydrogen (secondary N) is 1. The first-order chi connectivity index (χ1) is 9.95. The van der Waals surface area contributed by atoms with E-state index in [0.29, 0.717) is 5.41 Å². The predicted octanol–water partition coefficient (Wildman–Crippen LogP) is 3.40. The lowest BCUT2D eigenvalue weighted by atomic mass is 9.84. The van der Waals surface area contributed by atoms with E-state index in [9.17, 15) is 0 Å². The van der Waals surface area contributed by atoms with Crippen LogP contribution in [-0.2, 0) is 4.74 Å². The Kier molecular flexibility index (Phi) is 8.84. The summed E-state index contributed by atoms with van der Waals surface area (Å²) in [7, 11) is 2.28. The molecule has 126 valence electrons. The normalized spacial score (nSPS) is 22.7. The molecule has 1 aliphatic rings. The zero-order valence-electron chi connectivity index (χ0n) is 15.1. The van der Waals surface area contributed by atoms with Crippen molar-refractivity contribution in [3.8, 4) is 0 Å². The summed E-state index contributed by atoms with van der Waals surface area (Å²) < 4.78 is 5.61. The molecule has 1 aliphatic heterocycles. The summed E-state index contributed by atoms with van der Waals surface area (Å²) >= 11 is 0. The minimum Gasteiger partial charge on any atom is -0.381 e. The van der Waals surface area contributed by atoms with Crippen molar-refractivity contribution in [1.29, 1.82) is 0 Å². The molecule has 0 saturated carbocycles. The third-order valence-corrected chi connectivity index (χ3v) is 4.43. The molecule has 0 amide bonds. The summed E-state index contributed by atoms with van der Waals surface area (Å²) in [5.74, 6) is 1.46. The Morgan fingerprint density at radius 2 is 2.14 bits per heavy atom. The predicted molar refractivity (Wildman–Crippen MR) is 91.8 cm³/mol. The van der Waals surface area contributed by atoms with E-state index in [1.54, 1.807) is 0 Å². The molecule has 0 aliphatic carbocycles. The largest absolute Gasteiger partial charge is 0.381 e. The van der Waals surface area contributed by atoms with Gasteiger partial charge < -0.3 is 15.0 Å². The van der Waals surface area contributed by atoms with Crippen LogP contribution in [0.3, 0.4) is 0 Å². The molecule has 21 heavy (non-hydrogen) atoms. The van der Waals surface area contributed by atoms with Crippen LogP contribution in [0.4, 0.5) is 0 Å². The lowest BCUT2D eigenvalue weighted by Crippen LogP contribution is -2.43. The molecule has 1 rings (SSSR count). The van der Waals surface area contributed by atoms with Gasteiger partial charge in [0.2, 0.25) is 0 Å². The molecule has 0 radical (unpaired) electrons. The van der Waals surface area contributed by atoms with E-state index in [0.717, 1.165) is 38.1 Å². The molecular weight excluding hydrogens is 260 g/mol. The third-order valence-electron chi connectivity index (χ3n) is 4.43. The second kappa shape index (κ2) is 9.81. The van der Waals surface area contributed by atoms with Gasteiger partial charge in [-0.15, -0.1) is 0 Å². The molecule has 0 aromatic rings. The van der Waals surface area contributed by atoms with Gasteiger partial charge in [0.15, 0.2) is 0 Å². The van der Waals surface area contributed by atoms with E-state index in [1.807, 2.05) is 0 Å². The highest BCUT2D eigenvalue weighted by atomic mass is 16.5. The van der Waals surface area contributed by atoms with Gasteiger partial charge in [-0.3, -0.25) is 0 Å². The van der Waals surface area contributed by atoms with Crippen molar-refractivity contribution in [2.75, 3.05) is 46.4 Å². The zero-order valence-corrected chi connectivity index (χ0v) is 15.1. The topological polar surface area (TPSA) is 24.5 Å². The molecule has 1 fully saturated rings. The average molecular weight is 299 g/mol. The Hall–Kier alpha value is -0.120. The molecule has 1 N–H and O–H groups in total. The van der Waals surface area contributed by atoms with Crippen molar-refractivity contribution in [2.24, 2.45) is 17.3 Å². The Morgan fingerprint density at radius 3 is 2.71 bits per heavy atom. The van der Waals surface area contributed by atoms with E-state index in [-0.39, 0.29) is 0 Å². The van der Waals surface area contributed by atoms with E-state index < -0.39 is 0 Å². The number of ether oxygens (including phenoxy) is 1. The fourth-order valence-electron chi connectivity index (χ4n) is 3.60. The van der Waals surface area contributed by atoms with Crippen LogP contribution in [0.1, 0.15) is 53.4 Å². The molecule has 3 nitrogen and oxygen atoms in total. The summed E-state index contributed by atoms with van der Waals surface area (Å²) in [6, 6.07) is 0. The number of nitrogens with zero attached hydrogens (tertiary/aromatic N) is 1. The molecule has 1 saturated heterocycles. The highest BCUT2D eigenvalue weighted by Crippen LogP contribution is 2.25. The number of hydrogen-bond donors (Lipinski definition) is 1. The average Bonchev–Trinajstić information content (AvgIpc) is 2.39. The summed E-state index contributed by atoms with van der Waals surface area (Å²) in [6.07, 6.45) is 5.13. The van der Waals surface area contributed by atoms with Gasteiger partial charge in [0, 0.05) is 26.2 Å². The quantitative estimate of drug-likeness (QED) is 0.669. The Bertz CT molecular complexity index is 264. The van der Waals surface area contributed by atoms with Crippen molar-refractivity contribution in [3.63, 3.8) is 0 Å². The standard InChI is InChI=1S/C18H38N2O/c1-6-9-18(4,14-19-11-16(2)3)15-20(5)12-17-8-7-10-21-13-17/h16-17,19H,6-15H2,1-5H3. The van der Waals surface area contributed by atoms with Gasteiger partial charge in [0.1, 0.15) is 0 Å². The first-order valence-electron chi connectivity index (χ1n) is 8.92. The molecule has 0 aromatic heterocycles. The maximum Gasteiger partial charge on any atom is 0.0506 e. The fourth-order valence-corrected chi connectivity index (χ4v) is 3.60. The SMILES string of the molecule is CCCC(C)(CNCC(C)C)CN(C)CC1CCCOC1. The first kappa shape index (κ1) is 18.9. The Labute approximate surface area is 132 Å². The van der Waals surface area contributed by atoms with Crippen molar-refractivity contribution < 1.29 is 4.74 Å². The maximum absolute atomic E-state index is 5.61. The van der Waals surface area contributed by atoms with Gasteiger partial charge in [0.25, 0.3) is 0 Å². The van der Waals surface area contributed by atoms with Crippen LogP contribution >= 0.6 is 0 Å². The summed E-state index contributed by atoms with van der Waals surface area (Å²) in [5.41, 5.74) is 0.383. The van der Waals surface area contributed by atoms with Crippen LogP contribution in [-0.4, -0.2) is 51.3 Å². The van der Waals surface area contributed by atoms with Crippen LogP contribution in [0.5, 0.6) is 0 Å². The summed E-state index contributed by atoms with van der Waals surface area (Å²) in [5, 5.41) is 3.67. The van der Waals surface area contributed by atoms with E-state index in [4.69, 9.17) is 4.74 Å². The molecule has 1 heterocycles. The molecular formula is C18H38N2O. The van der Waals surface area contributed by atoms with Crippen LogP contribution in [0.25, 0.3) is 0 Å². The second-order valence-corrected chi connectivity index (χ2v) is 7.87. The molecule has 0 aromatic carbocycles. The minimum absolute atomic E-state index is 0.383. The van der Waals surface area contributed by atoms with Crippen molar-refractivity contribution in [1.82, 2.24) is 10.2 Å². The van der Waals surface area contributed by atoms with Gasteiger partial charge in [0.05, 0.1) is 6.61 Å². The first-order valence-corrected chi connectivity index (χ1v) is 8.92. The third kappa shape index (κ3) is 8.18. The van der Waals surface area contributed by atoms with Crippen LogP contribution < -0.4 is 5.32 Å². The lowest BCUT2D eigenvalue weighted by molar-refractivity contribution is 0.0357. The smallest absolute Gasteiger partial charge is 0.0506 e. The van der Waals surface area contributed by atoms with E-state index >= 15 is 0 Å². The Morgan fingerprint density at radius 1 is 1.38 bits per heavy atom. The van der Waals surface area contributed by atoms with E-state index in [2.05, 4.69) is 45.0 Å². The van der Waals surface area contributed by atoms with Gasteiger partial charge in [-0.05, 0) is 50.1 Å². The fraction of sp³-hybridized carbons (Fsp3) is 1.00. The molecule has 0 bridgehead atoms. The highest BCUT2D eigenvalue weighted by Gasteiger charge is 2.26. The minimum atomic E-state index is 0.383. The second-order valence-electron chi connectivity index (χ2n) is 7.87. The zero-order chi connectivity index (χ0) is 15.7.